The summed E-state index contributed by atoms with van der Waals surface area (Å²) in [6.45, 7) is 3.24. The smallest absolute Gasteiger partial charge is 0.240 e. The van der Waals surface area contributed by atoms with Crippen LogP contribution in [0.2, 0.25) is 0 Å². The molecule has 2 aromatic rings. The Hall–Kier alpha value is -2.45. The third-order valence-electron chi connectivity index (χ3n) is 3.91. The van der Waals surface area contributed by atoms with Crippen LogP contribution in [0.3, 0.4) is 0 Å². The number of hydrogen-bond acceptors (Lipinski definition) is 6. The van der Waals surface area contributed by atoms with Gasteiger partial charge in [0, 0.05) is 12.6 Å². The van der Waals surface area contributed by atoms with Crippen LogP contribution in [0.25, 0.3) is 0 Å². The first-order chi connectivity index (χ1) is 13.1. The van der Waals surface area contributed by atoms with Gasteiger partial charge in [0.2, 0.25) is 16.8 Å². The van der Waals surface area contributed by atoms with Gasteiger partial charge in [-0.1, -0.05) is 13.3 Å². The van der Waals surface area contributed by atoms with Gasteiger partial charge in [0.05, 0.1) is 11.5 Å². The summed E-state index contributed by atoms with van der Waals surface area (Å²) in [6.07, 6.45) is 2.01. The van der Waals surface area contributed by atoms with Crippen molar-refractivity contribution in [3.05, 3.63) is 42.5 Å². The van der Waals surface area contributed by atoms with Crippen molar-refractivity contribution in [1.29, 1.82) is 0 Å². The Kier molecular flexibility index (Phi) is 6.41. The highest BCUT2D eigenvalue weighted by Crippen LogP contribution is 2.35. The predicted octanol–water partition coefficient (Wildman–Crippen LogP) is 2.95. The Morgan fingerprint density at radius 1 is 0.963 bits per heavy atom. The van der Waals surface area contributed by atoms with Crippen molar-refractivity contribution in [1.82, 2.24) is 4.72 Å². The van der Waals surface area contributed by atoms with Gasteiger partial charge in [-0.25, -0.2) is 13.1 Å². The molecule has 1 aliphatic heterocycles. The van der Waals surface area contributed by atoms with E-state index in [2.05, 4.69) is 11.6 Å². The van der Waals surface area contributed by atoms with E-state index >= 15 is 0 Å². The Morgan fingerprint density at radius 2 is 1.67 bits per heavy atom. The molecule has 3 rings (SSSR count). The van der Waals surface area contributed by atoms with Gasteiger partial charge in [-0.3, -0.25) is 0 Å². The molecule has 7 nitrogen and oxygen atoms in total. The number of rotatable bonds is 10. The summed E-state index contributed by atoms with van der Waals surface area (Å²) in [6, 6.07) is 11.6. The molecule has 0 spiro atoms. The van der Waals surface area contributed by atoms with Crippen molar-refractivity contribution in [2.45, 2.75) is 24.7 Å². The van der Waals surface area contributed by atoms with E-state index in [0.29, 0.717) is 29.6 Å². The lowest BCUT2D eigenvalue weighted by Crippen LogP contribution is -2.28. The maximum Gasteiger partial charge on any atom is 0.240 e. The van der Waals surface area contributed by atoms with Crippen molar-refractivity contribution in [3.8, 4) is 23.0 Å². The van der Waals surface area contributed by atoms with Gasteiger partial charge in [-0.15, -0.1) is 0 Å². The average Bonchev–Trinajstić information content (AvgIpc) is 3.14. The molecule has 0 saturated heterocycles. The fraction of sp³-hybridized carbons (Fsp3) is 0.368. The largest absolute Gasteiger partial charge is 0.494 e. The molecule has 1 N–H and O–H groups in total. The second-order valence-electron chi connectivity index (χ2n) is 5.93. The van der Waals surface area contributed by atoms with Crippen LogP contribution in [-0.4, -0.2) is 35.0 Å². The van der Waals surface area contributed by atoms with E-state index in [0.717, 1.165) is 12.8 Å². The van der Waals surface area contributed by atoms with Crippen molar-refractivity contribution in [2.75, 3.05) is 26.6 Å². The normalized spacial score (nSPS) is 12.8. The summed E-state index contributed by atoms with van der Waals surface area (Å²) in [5.41, 5.74) is 0. The van der Waals surface area contributed by atoms with Crippen LogP contribution in [-0.2, 0) is 10.0 Å². The number of hydrogen-bond donors (Lipinski definition) is 1. The number of benzene rings is 2. The average molecular weight is 393 g/mol. The van der Waals surface area contributed by atoms with E-state index in [4.69, 9.17) is 18.9 Å². The van der Waals surface area contributed by atoms with Gasteiger partial charge in [-0.2, -0.15) is 0 Å². The Labute approximate surface area is 159 Å². The first kappa shape index (κ1) is 19.3. The molecule has 0 unspecified atom stereocenters. The third-order valence-corrected chi connectivity index (χ3v) is 5.38. The first-order valence-corrected chi connectivity index (χ1v) is 10.3. The lowest BCUT2D eigenvalue weighted by molar-refractivity contribution is 0.173. The predicted molar refractivity (Wildman–Crippen MR) is 100 cm³/mol. The summed E-state index contributed by atoms with van der Waals surface area (Å²) in [7, 11) is -3.60. The molecule has 1 heterocycles. The van der Waals surface area contributed by atoms with Gasteiger partial charge >= 0.3 is 0 Å². The molecule has 0 fully saturated rings. The molecular formula is C19H23NO6S. The molecule has 0 amide bonds. The second kappa shape index (κ2) is 8.96. The second-order valence-corrected chi connectivity index (χ2v) is 7.70. The monoisotopic (exact) mass is 393 g/mol. The zero-order valence-corrected chi connectivity index (χ0v) is 16.0. The standard InChI is InChI=1S/C19H23NO6S/c1-2-3-11-23-15-4-7-17(8-5-15)27(21,22)20-10-12-24-16-6-9-18-19(13-16)26-14-25-18/h4-9,13,20H,2-3,10-12,14H2,1H3. The van der Waals surface area contributed by atoms with E-state index < -0.39 is 10.0 Å². The number of fused-ring (bicyclic) bond motifs is 1. The maximum absolute atomic E-state index is 12.3. The topological polar surface area (TPSA) is 83.1 Å². The Balaban J connectivity index is 1.46. The van der Waals surface area contributed by atoms with Gasteiger partial charge in [0.25, 0.3) is 0 Å². The van der Waals surface area contributed by atoms with Gasteiger partial charge in [0.15, 0.2) is 11.5 Å². The summed E-state index contributed by atoms with van der Waals surface area (Å²) >= 11 is 0. The van der Waals surface area contributed by atoms with E-state index in [-0.39, 0.29) is 24.8 Å². The van der Waals surface area contributed by atoms with Crippen LogP contribution in [0.4, 0.5) is 0 Å². The Bertz CT molecular complexity index is 851. The number of unbranched alkanes of at least 4 members (excludes halogenated alkanes) is 1. The van der Waals surface area contributed by atoms with Crippen LogP contribution >= 0.6 is 0 Å². The van der Waals surface area contributed by atoms with Crippen molar-refractivity contribution >= 4 is 10.0 Å². The van der Waals surface area contributed by atoms with Crippen LogP contribution < -0.4 is 23.7 Å². The van der Waals surface area contributed by atoms with Crippen LogP contribution in [0.1, 0.15) is 19.8 Å². The lowest BCUT2D eigenvalue weighted by atomic mass is 10.3. The summed E-state index contributed by atoms with van der Waals surface area (Å²) < 4.78 is 48.8. The molecule has 0 aromatic heterocycles. The SMILES string of the molecule is CCCCOc1ccc(S(=O)(=O)NCCOc2ccc3c(c2)OCO3)cc1. The van der Waals surface area contributed by atoms with E-state index in [1.807, 2.05) is 0 Å². The van der Waals surface area contributed by atoms with Crippen molar-refractivity contribution in [2.24, 2.45) is 0 Å². The molecule has 2 aromatic carbocycles. The number of nitrogens with one attached hydrogen (secondary N) is 1. The van der Waals surface area contributed by atoms with E-state index in [9.17, 15) is 8.42 Å². The molecule has 0 atom stereocenters. The Morgan fingerprint density at radius 3 is 2.44 bits per heavy atom. The fourth-order valence-corrected chi connectivity index (χ4v) is 3.46. The van der Waals surface area contributed by atoms with E-state index in [1.54, 1.807) is 30.3 Å². The minimum absolute atomic E-state index is 0.144. The molecule has 0 radical (unpaired) electrons. The molecule has 146 valence electrons. The highest BCUT2D eigenvalue weighted by Gasteiger charge is 2.15. The van der Waals surface area contributed by atoms with Gasteiger partial charge in [-0.05, 0) is 42.8 Å². The van der Waals surface area contributed by atoms with Crippen LogP contribution in [0.5, 0.6) is 23.0 Å². The van der Waals surface area contributed by atoms with Gasteiger partial charge in [0.1, 0.15) is 18.1 Å². The minimum Gasteiger partial charge on any atom is -0.494 e. The third kappa shape index (κ3) is 5.27. The summed E-state index contributed by atoms with van der Waals surface area (Å²) in [4.78, 5) is 0.188. The highest BCUT2D eigenvalue weighted by atomic mass is 32.2. The summed E-state index contributed by atoms with van der Waals surface area (Å²) in [5, 5.41) is 0. The fourth-order valence-electron chi connectivity index (χ4n) is 2.44. The van der Waals surface area contributed by atoms with Gasteiger partial charge < -0.3 is 18.9 Å². The van der Waals surface area contributed by atoms with Crippen molar-refractivity contribution < 1.29 is 27.4 Å². The van der Waals surface area contributed by atoms with E-state index in [1.165, 1.54) is 12.1 Å². The molecule has 1 aliphatic rings. The lowest BCUT2D eigenvalue weighted by Gasteiger charge is -2.10. The van der Waals surface area contributed by atoms with Crippen LogP contribution in [0.15, 0.2) is 47.4 Å². The molecule has 0 saturated carbocycles. The number of ether oxygens (including phenoxy) is 4. The maximum atomic E-state index is 12.3. The van der Waals surface area contributed by atoms with Crippen molar-refractivity contribution in [3.63, 3.8) is 0 Å². The van der Waals surface area contributed by atoms with Crippen LogP contribution in [0, 0.1) is 0 Å². The first-order valence-electron chi connectivity index (χ1n) is 8.83. The zero-order chi connectivity index (χ0) is 19.1. The molecule has 0 bridgehead atoms. The molecule has 0 aliphatic carbocycles. The molecule has 27 heavy (non-hydrogen) atoms. The molecule has 8 heteroatoms. The summed E-state index contributed by atoms with van der Waals surface area (Å²) in [5.74, 6) is 2.54. The number of sulfonamides is 1. The minimum atomic E-state index is -3.60. The molecular weight excluding hydrogens is 370 g/mol. The highest BCUT2D eigenvalue weighted by molar-refractivity contribution is 7.89. The zero-order valence-electron chi connectivity index (χ0n) is 15.1. The quantitative estimate of drug-likeness (QED) is 0.625.